The third-order valence-electron chi connectivity index (χ3n) is 4.01. The number of hydrogen-bond acceptors (Lipinski definition) is 8. The van der Waals surface area contributed by atoms with Gasteiger partial charge in [-0.2, -0.15) is 4.68 Å². The number of ether oxygens (including phenoxy) is 1. The number of rotatable bonds is 4. The lowest BCUT2D eigenvalue weighted by molar-refractivity contribution is -0.136. The first-order chi connectivity index (χ1) is 12.7. The van der Waals surface area contributed by atoms with E-state index in [1.807, 2.05) is 30.3 Å². The Morgan fingerprint density at radius 1 is 1.19 bits per heavy atom. The van der Waals surface area contributed by atoms with E-state index in [1.54, 1.807) is 6.07 Å². The highest BCUT2D eigenvalue weighted by atomic mass is 16.5. The summed E-state index contributed by atoms with van der Waals surface area (Å²) < 4.78 is 11.5. The molecular weight excluding hydrogens is 338 g/mol. The van der Waals surface area contributed by atoms with Gasteiger partial charge in [0.05, 0.1) is 18.9 Å². The molecule has 1 aliphatic heterocycles. The van der Waals surface area contributed by atoms with Crippen LogP contribution in [0.3, 0.4) is 0 Å². The Balaban J connectivity index is 1.96. The largest absolute Gasteiger partial charge is 0.464 e. The first-order valence-electron chi connectivity index (χ1n) is 7.71. The van der Waals surface area contributed by atoms with Crippen molar-refractivity contribution in [1.82, 2.24) is 20.2 Å². The van der Waals surface area contributed by atoms with E-state index in [-0.39, 0.29) is 23.0 Å². The molecule has 3 aromatic rings. The van der Waals surface area contributed by atoms with Crippen molar-refractivity contribution in [2.24, 2.45) is 0 Å². The van der Waals surface area contributed by atoms with Crippen molar-refractivity contribution in [1.29, 1.82) is 0 Å². The van der Waals surface area contributed by atoms with Crippen LogP contribution in [0.2, 0.25) is 0 Å². The summed E-state index contributed by atoms with van der Waals surface area (Å²) in [6.45, 7) is 0. The summed E-state index contributed by atoms with van der Waals surface area (Å²) in [6.07, 6.45) is 1.39. The molecule has 0 aliphatic carbocycles. The molecule has 2 aromatic heterocycles. The molecule has 9 nitrogen and oxygen atoms in total. The molecule has 0 fully saturated rings. The number of allylic oxidation sites excluding steroid dienone is 1. The first-order valence-corrected chi connectivity index (χ1v) is 7.71. The summed E-state index contributed by atoms with van der Waals surface area (Å²) in [5, 5.41) is 14.3. The maximum Gasteiger partial charge on any atom is 0.355 e. The number of nitrogens with one attached hydrogen (secondary N) is 1. The van der Waals surface area contributed by atoms with Gasteiger partial charge in [0.1, 0.15) is 11.7 Å². The van der Waals surface area contributed by atoms with E-state index in [0.29, 0.717) is 0 Å². The molecule has 0 amide bonds. The number of anilines is 1. The van der Waals surface area contributed by atoms with E-state index in [9.17, 15) is 9.59 Å². The second-order valence-electron chi connectivity index (χ2n) is 5.47. The minimum atomic E-state index is -0.714. The van der Waals surface area contributed by atoms with Crippen molar-refractivity contribution in [2.45, 2.75) is 6.04 Å². The van der Waals surface area contributed by atoms with Crippen LogP contribution in [-0.4, -0.2) is 39.1 Å². The number of benzene rings is 1. The summed E-state index contributed by atoms with van der Waals surface area (Å²) in [6, 6.07) is 11.6. The molecule has 4 rings (SSSR count). The van der Waals surface area contributed by atoms with Gasteiger partial charge in [-0.15, -0.1) is 0 Å². The van der Waals surface area contributed by atoms with E-state index >= 15 is 0 Å². The maximum absolute atomic E-state index is 13.1. The van der Waals surface area contributed by atoms with Crippen LogP contribution >= 0.6 is 0 Å². The third kappa shape index (κ3) is 2.46. The van der Waals surface area contributed by atoms with E-state index in [0.717, 1.165) is 5.56 Å². The molecular formula is C17H13N5O4. The highest BCUT2D eigenvalue weighted by Crippen LogP contribution is 2.36. The quantitative estimate of drug-likeness (QED) is 0.557. The third-order valence-corrected chi connectivity index (χ3v) is 4.01. The van der Waals surface area contributed by atoms with Gasteiger partial charge in [0.2, 0.25) is 11.7 Å². The molecule has 1 aliphatic rings. The zero-order valence-electron chi connectivity index (χ0n) is 13.6. The van der Waals surface area contributed by atoms with Crippen molar-refractivity contribution >= 4 is 17.7 Å². The molecule has 1 N–H and O–H groups in total. The minimum absolute atomic E-state index is 0.0231. The summed E-state index contributed by atoms with van der Waals surface area (Å²) >= 11 is 0. The Kier molecular flexibility index (Phi) is 3.81. The smallest absolute Gasteiger partial charge is 0.355 e. The Bertz CT molecular complexity index is 991. The van der Waals surface area contributed by atoms with Crippen molar-refractivity contribution in [3.05, 3.63) is 71.3 Å². The van der Waals surface area contributed by atoms with Crippen LogP contribution in [0, 0.1) is 0 Å². The average Bonchev–Trinajstić information content (AvgIpc) is 3.37. The fourth-order valence-corrected chi connectivity index (χ4v) is 2.87. The number of tetrazole rings is 1. The zero-order valence-corrected chi connectivity index (χ0v) is 13.6. The number of methoxy groups -OCH3 is 1. The lowest BCUT2D eigenvalue weighted by Gasteiger charge is -2.27. The highest BCUT2D eigenvalue weighted by molar-refractivity contribution is 6.13. The maximum atomic E-state index is 13.1. The number of carbonyl (C=O) groups is 2. The van der Waals surface area contributed by atoms with Gasteiger partial charge >= 0.3 is 5.97 Å². The van der Waals surface area contributed by atoms with Gasteiger partial charge in [0.15, 0.2) is 5.76 Å². The fraction of sp³-hybridized carbons (Fsp3) is 0.118. The van der Waals surface area contributed by atoms with Crippen LogP contribution in [0.4, 0.5) is 5.95 Å². The molecule has 0 saturated carbocycles. The summed E-state index contributed by atoms with van der Waals surface area (Å²) in [5.41, 5.74) is 0.849. The minimum Gasteiger partial charge on any atom is -0.464 e. The average molecular weight is 351 g/mol. The standard InChI is InChI=1S/C17H13N5O4/c1-25-16(24)13-12(15(23)11-8-5-9-26-11)14(10-6-3-2-4-7-10)22-17(18-13)19-20-21-22/h2-9,14H,1H3,(H,18,19,21)/t14-/m1/s1. The van der Waals surface area contributed by atoms with Crippen LogP contribution < -0.4 is 5.32 Å². The molecule has 26 heavy (non-hydrogen) atoms. The SMILES string of the molecule is COC(=O)C1=C(C(=O)c2ccco2)[C@@H](c2ccccc2)n2nnnc2N1. The van der Waals surface area contributed by atoms with Crippen LogP contribution in [0.25, 0.3) is 0 Å². The number of nitrogens with zero attached hydrogens (tertiary/aromatic N) is 4. The molecule has 1 aromatic carbocycles. The van der Waals surface area contributed by atoms with E-state index in [4.69, 9.17) is 9.15 Å². The van der Waals surface area contributed by atoms with E-state index in [2.05, 4.69) is 20.8 Å². The molecule has 0 spiro atoms. The Hall–Kier alpha value is -3.75. The fourth-order valence-electron chi connectivity index (χ4n) is 2.87. The topological polar surface area (TPSA) is 112 Å². The number of ketones is 1. The molecule has 0 radical (unpaired) electrons. The number of fused-ring (bicyclic) bond motifs is 1. The van der Waals surface area contributed by atoms with Crippen molar-refractivity contribution < 1.29 is 18.7 Å². The molecule has 0 saturated heterocycles. The van der Waals surface area contributed by atoms with Gasteiger partial charge in [0.25, 0.3) is 0 Å². The number of hydrogen-bond donors (Lipinski definition) is 1. The van der Waals surface area contributed by atoms with Crippen molar-refractivity contribution in [3.63, 3.8) is 0 Å². The van der Waals surface area contributed by atoms with Crippen LogP contribution in [0.15, 0.2) is 64.4 Å². The molecule has 0 unspecified atom stereocenters. The van der Waals surface area contributed by atoms with Crippen LogP contribution in [0.1, 0.15) is 22.2 Å². The zero-order chi connectivity index (χ0) is 18.1. The van der Waals surface area contributed by atoms with E-state index in [1.165, 1.54) is 24.1 Å². The lowest BCUT2D eigenvalue weighted by Crippen LogP contribution is -2.32. The molecule has 130 valence electrons. The van der Waals surface area contributed by atoms with E-state index < -0.39 is 17.8 Å². The molecule has 0 bridgehead atoms. The molecule has 3 heterocycles. The monoisotopic (exact) mass is 351 g/mol. The Morgan fingerprint density at radius 3 is 2.69 bits per heavy atom. The second-order valence-corrected chi connectivity index (χ2v) is 5.47. The van der Waals surface area contributed by atoms with Gasteiger partial charge in [-0.3, -0.25) is 4.79 Å². The summed E-state index contributed by atoms with van der Waals surface area (Å²) in [7, 11) is 1.24. The predicted molar refractivity (Wildman–Crippen MR) is 88.1 cm³/mol. The summed E-state index contributed by atoms with van der Waals surface area (Å²) in [4.78, 5) is 25.5. The highest BCUT2D eigenvalue weighted by Gasteiger charge is 2.39. The predicted octanol–water partition coefficient (Wildman–Crippen LogP) is 1.59. The number of esters is 1. The van der Waals surface area contributed by atoms with Crippen molar-refractivity contribution in [3.8, 4) is 0 Å². The number of aromatic nitrogens is 4. The van der Waals surface area contributed by atoms with Gasteiger partial charge in [0, 0.05) is 0 Å². The number of Topliss-reactive ketones (excluding diaryl/α,β-unsaturated/α-hetero) is 1. The lowest BCUT2D eigenvalue weighted by atomic mass is 9.91. The summed E-state index contributed by atoms with van der Waals surface area (Å²) in [5.74, 6) is -0.830. The van der Waals surface area contributed by atoms with Gasteiger partial charge < -0.3 is 14.5 Å². The van der Waals surface area contributed by atoms with Crippen LogP contribution in [-0.2, 0) is 9.53 Å². The molecule has 1 atom stereocenters. The van der Waals surface area contributed by atoms with Gasteiger partial charge in [-0.05, 0) is 28.1 Å². The van der Waals surface area contributed by atoms with Gasteiger partial charge in [-0.1, -0.05) is 35.4 Å². The second kappa shape index (κ2) is 6.28. The Morgan fingerprint density at radius 2 is 2.00 bits per heavy atom. The van der Waals surface area contributed by atoms with Crippen LogP contribution in [0.5, 0.6) is 0 Å². The number of furan rings is 1. The Labute approximate surface area is 147 Å². The van der Waals surface area contributed by atoms with Gasteiger partial charge in [-0.25, -0.2) is 4.79 Å². The number of carbonyl (C=O) groups excluding carboxylic acids is 2. The first kappa shape index (κ1) is 15.8. The normalized spacial score (nSPS) is 16.0. The molecule has 9 heteroatoms. The van der Waals surface area contributed by atoms with Crippen molar-refractivity contribution in [2.75, 3.05) is 12.4 Å².